The molecule has 1 aliphatic rings. The lowest BCUT2D eigenvalue weighted by atomic mass is 10.1. The van der Waals surface area contributed by atoms with Gasteiger partial charge in [-0.05, 0) is 41.8 Å². The fraction of sp³-hybridized carbons (Fsp3) is 0.136. The molecule has 1 aliphatic heterocycles. The van der Waals surface area contributed by atoms with Crippen LogP contribution in [0.25, 0.3) is 10.9 Å². The molecule has 2 aromatic carbocycles. The van der Waals surface area contributed by atoms with E-state index in [4.69, 9.17) is 0 Å². The Balaban J connectivity index is 1.28. The molecule has 0 atom stereocenters. The van der Waals surface area contributed by atoms with Crippen LogP contribution < -0.4 is 10.2 Å². The van der Waals surface area contributed by atoms with Crippen LogP contribution in [0.1, 0.15) is 11.1 Å². The molecule has 2 N–H and O–H groups in total. The first-order chi connectivity index (χ1) is 13.8. The Kier molecular flexibility index (Phi) is 4.01. The molecule has 0 spiro atoms. The Bertz CT molecular complexity index is 1150. The van der Waals surface area contributed by atoms with E-state index >= 15 is 0 Å². The minimum Gasteiger partial charge on any atom is -0.361 e. The fourth-order valence-electron chi connectivity index (χ4n) is 3.75. The van der Waals surface area contributed by atoms with Crippen LogP contribution in [-0.4, -0.2) is 27.6 Å². The SMILES string of the molecule is O=C(Cc1c[nH]c2ccccc12)Nc1ccc(N2CCc3ccccc32)nn1. The minimum atomic E-state index is -0.113. The van der Waals surface area contributed by atoms with Crippen molar-refractivity contribution in [2.45, 2.75) is 12.8 Å². The van der Waals surface area contributed by atoms with Crippen molar-refractivity contribution < 1.29 is 4.79 Å². The van der Waals surface area contributed by atoms with Gasteiger partial charge in [-0.3, -0.25) is 4.79 Å². The summed E-state index contributed by atoms with van der Waals surface area (Å²) in [7, 11) is 0. The second kappa shape index (κ2) is 6.81. The molecule has 6 heteroatoms. The molecular weight excluding hydrogens is 350 g/mol. The summed E-state index contributed by atoms with van der Waals surface area (Å²) < 4.78 is 0. The molecule has 0 saturated carbocycles. The van der Waals surface area contributed by atoms with Crippen molar-refractivity contribution in [1.82, 2.24) is 15.2 Å². The van der Waals surface area contributed by atoms with Crippen molar-refractivity contribution in [2.75, 3.05) is 16.8 Å². The number of nitrogens with one attached hydrogen (secondary N) is 2. The van der Waals surface area contributed by atoms with Gasteiger partial charge in [0.25, 0.3) is 0 Å². The van der Waals surface area contributed by atoms with Crippen LogP contribution >= 0.6 is 0 Å². The summed E-state index contributed by atoms with van der Waals surface area (Å²) in [5, 5.41) is 12.4. The molecule has 5 rings (SSSR count). The number of anilines is 3. The van der Waals surface area contributed by atoms with Gasteiger partial charge in [-0.15, -0.1) is 10.2 Å². The summed E-state index contributed by atoms with van der Waals surface area (Å²) >= 11 is 0. The maximum atomic E-state index is 12.4. The third kappa shape index (κ3) is 2.99. The normalized spacial score (nSPS) is 12.9. The van der Waals surface area contributed by atoms with Gasteiger partial charge in [-0.25, -0.2) is 0 Å². The number of aromatic amines is 1. The number of carbonyl (C=O) groups excluding carboxylic acids is 1. The Hall–Kier alpha value is -3.67. The molecule has 0 bridgehead atoms. The highest BCUT2D eigenvalue weighted by atomic mass is 16.1. The van der Waals surface area contributed by atoms with Crippen LogP contribution in [0, 0.1) is 0 Å². The molecule has 0 aliphatic carbocycles. The number of rotatable bonds is 4. The number of nitrogens with zero attached hydrogens (tertiary/aromatic N) is 3. The average Bonchev–Trinajstić information content (AvgIpc) is 3.33. The smallest absolute Gasteiger partial charge is 0.230 e. The second-order valence-electron chi connectivity index (χ2n) is 6.89. The van der Waals surface area contributed by atoms with Gasteiger partial charge in [-0.2, -0.15) is 0 Å². The average molecular weight is 369 g/mol. The van der Waals surface area contributed by atoms with Crippen LogP contribution in [0.5, 0.6) is 0 Å². The zero-order chi connectivity index (χ0) is 18.9. The number of para-hydroxylation sites is 2. The zero-order valence-electron chi connectivity index (χ0n) is 15.2. The highest BCUT2D eigenvalue weighted by molar-refractivity contribution is 5.95. The standard InChI is InChI=1S/C22H19N5O/c28-22(13-16-14-23-18-7-3-2-6-17(16)18)24-20-9-10-21(26-25-20)27-12-11-15-5-1-4-8-19(15)27/h1-10,14,23H,11-13H2,(H,24,25,28). The van der Waals surface area contributed by atoms with Crippen LogP contribution in [0.2, 0.25) is 0 Å². The summed E-state index contributed by atoms with van der Waals surface area (Å²) in [5.41, 5.74) is 4.49. The fourth-order valence-corrected chi connectivity index (χ4v) is 3.75. The summed E-state index contributed by atoms with van der Waals surface area (Å²) in [6, 6.07) is 20.0. The molecule has 138 valence electrons. The van der Waals surface area contributed by atoms with Crippen molar-refractivity contribution in [3.05, 3.63) is 78.0 Å². The van der Waals surface area contributed by atoms with Crippen LogP contribution in [0.15, 0.2) is 66.9 Å². The third-order valence-corrected chi connectivity index (χ3v) is 5.11. The summed E-state index contributed by atoms with van der Waals surface area (Å²) in [5.74, 6) is 1.14. The van der Waals surface area contributed by atoms with E-state index in [1.165, 1.54) is 11.3 Å². The quantitative estimate of drug-likeness (QED) is 0.573. The molecule has 0 saturated heterocycles. The lowest BCUT2D eigenvalue weighted by Gasteiger charge is -2.17. The van der Waals surface area contributed by atoms with E-state index < -0.39 is 0 Å². The Morgan fingerprint density at radius 2 is 1.89 bits per heavy atom. The van der Waals surface area contributed by atoms with E-state index in [0.29, 0.717) is 5.82 Å². The predicted octanol–water partition coefficient (Wildman–Crippen LogP) is 3.83. The number of hydrogen-bond acceptors (Lipinski definition) is 4. The summed E-state index contributed by atoms with van der Waals surface area (Å²) in [6.45, 7) is 0.889. The number of carbonyl (C=O) groups is 1. The van der Waals surface area contributed by atoms with Crippen LogP contribution in [0.3, 0.4) is 0 Å². The molecule has 3 heterocycles. The Morgan fingerprint density at radius 3 is 2.79 bits per heavy atom. The maximum absolute atomic E-state index is 12.4. The van der Waals surface area contributed by atoms with E-state index in [1.54, 1.807) is 6.07 Å². The molecular formula is C22H19N5O. The molecule has 2 aromatic heterocycles. The molecule has 6 nitrogen and oxygen atoms in total. The number of fused-ring (bicyclic) bond motifs is 2. The lowest BCUT2D eigenvalue weighted by molar-refractivity contribution is -0.115. The molecule has 1 amide bonds. The zero-order valence-corrected chi connectivity index (χ0v) is 15.2. The van der Waals surface area contributed by atoms with Crippen molar-refractivity contribution >= 4 is 34.1 Å². The van der Waals surface area contributed by atoms with Gasteiger partial charge in [0, 0.05) is 29.3 Å². The number of amides is 1. The van der Waals surface area contributed by atoms with Gasteiger partial charge in [0.05, 0.1) is 6.42 Å². The number of aromatic nitrogens is 3. The Labute approximate surface area is 162 Å². The van der Waals surface area contributed by atoms with E-state index in [9.17, 15) is 4.79 Å². The number of hydrogen-bond donors (Lipinski definition) is 2. The first-order valence-electron chi connectivity index (χ1n) is 9.32. The largest absolute Gasteiger partial charge is 0.361 e. The van der Waals surface area contributed by atoms with Gasteiger partial charge in [0.1, 0.15) is 0 Å². The van der Waals surface area contributed by atoms with Crippen LogP contribution in [0.4, 0.5) is 17.3 Å². The van der Waals surface area contributed by atoms with E-state index in [-0.39, 0.29) is 12.3 Å². The summed E-state index contributed by atoms with van der Waals surface area (Å²) in [6.07, 6.45) is 3.16. The van der Waals surface area contributed by atoms with E-state index in [1.807, 2.05) is 42.6 Å². The third-order valence-electron chi connectivity index (χ3n) is 5.11. The van der Waals surface area contributed by atoms with Gasteiger partial charge in [-0.1, -0.05) is 36.4 Å². The van der Waals surface area contributed by atoms with Gasteiger partial charge in [0.15, 0.2) is 11.6 Å². The number of H-pyrrole nitrogens is 1. The molecule has 28 heavy (non-hydrogen) atoms. The highest BCUT2D eigenvalue weighted by Crippen LogP contribution is 2.32. The van der Waals surface area contributed by atoms with Crippen molar-refractivity contribution in [3.63, 3.8) is 0 Å². The summed E-state index contributed by atoms with van der Waals surface area (Å²) in [4.78, 5) is 17.8. The second-order valence-corrected chi connectivity index (χ2v) is 6.89. The molecule has 0 fully saturated rings. The predicted molar refractivity (Wildman–Crippen MR) is 110 cm³/mol. The van der Waals surface area contributed by atoms with Crippen molar-refractivity contribution in [1.29, 1.82) is 0 Å². The molecule has 4 aromatic rings. The van der Waals surface area contributed by atoms with Gasteiger partial charge < -0.3 is 15.2 Å². The highest BCUT2D eigenvalue weighted by Gasteiger charge is 2.21. The number of benzene rings is 2. The minimum absolute atomic E-state index is 0.113. The van der Waals surface area contributed by atoms with Crippen molar-refractivity contribution in [2.24, 2.45) is 0 Å². The first kappa shape index (κ1) is 16.5. The molecule has 0 radical (unpaired) electrons. The maximum Gasteiger partial charge on any atom is 0.230 e. The van der Waals surface area contributed by atoms with Gasteiger partial charge >= 0.3 is 0 Å². The van der Waals surface area contributed by atoms with E-state index in [2.05, 4.69) is 43.6 Å². The van der Waals surface area contributed by atoms with Crippen LogP contribution in [-0.2, 0) is 17.6 Å². The monoisotopic (exact) mass is 369 g/mol. The molecule has 0 unspecified atom stereocenters. The topological polar surface area (TPSA) is 73.9 Å². The first-order valence-corrected chi connectivity index (χ1v) is 9.32. The van der Waals surface area contributed by atoms with Crippen molar-refractivity contribution in [3.8, 4) is 0 Å². The lowest BCUT2D eigenvalue weighted by Crippen LogP contribution is -2.18. The Morgan fingerprint density at radius 1 is 1.04 bits per heavy atom. The van der Waals surface area contributed by atoms with Gasteiger partial charge in [0.2, 0.25) is 5.91 Å². The van der Waals surface area contributed by atoms with E-state index in [0.717, 1.165) is 35.2 Å².